The minimum atomic E-state index is -0.221. The first-order valence-corrected chi connectivity index (χ1v) is 12.5. The summed E-state index contributed by atoms with van der Waals surface area (Å²) in [6.07, 6.45) is 1.03. The Balaban J connectivity index is 1.54. The Kier molecular flexibility index (Phi) is 6.69. The van der Waals surface area contributed by atoms with E-state index in [4.69, 9.17) is 21.1 Å². The van der Waals surface area contributed by atoms with Crippen molar-refractivity contribution in [2.75, 3.05) is 19.8 Å². The normalized spacial score (nSPS) is 15.2. The predicted octanol–water partition coefficient (Wildman–Crippen LogP) is 6.34. The molecule has 6 heteroatoms. The van der Waals surface area contributed by atoms with Crippen LogP contribution in [-0.4, -0.2) is 35.5 Å². The number of aromatic amines is 1. The Hall–Kier alpha value is -3.44. The molecule has 5 nitrogen and oxygen atoms in total. The van der Waals surface area contributed by atoms with Crippen molar-refractivity contribution in [3.63, 3.8) is 0 Å². The third-order valence-corrected chi connectivity index (χ3v) is 6.78. The number of nitrogens with zero attached hydrogens (tertiary/aromatic N) is 1. The number of amides is 1. The van der Waals surface area contributed by atoms with Crippen molar-refractivity contribution >= 4 is 28.4 Å². The van der Waals surface area contributed by atoms with E-state index < -0.39 is 0 Å². The average molecular weight is 489 g/mol. The Morgan fingerprint density at radius 1 is 1.00 bits per heavy atom. The van der Waals surface area contributed by atoms with Crippen molar-refractivity contribution in [1.82, 2.24) is 9.88 Å². The van der Waals surface area contributed by atoms with Gasteiger partial charge in [0.05, 0.1) is 25.7 Å². The van der Waals surface area contributed by atoms with Gasteiger partial charge in [-0.15, -0.1) is 0 Å². The van der Waals surface area contributed by atoms with Crippen molar-refractivity contribution in [2.45, 2.75) is 32.7 Å². The van der Waals surface area contributed by atoms with E-state index in [0.29, 0.717) is 36.3 Å². The van der Waals surface area contributed by atoms with Crippen LogP contribution in [0.25, 0.3) is 10.9 Å². The molecule has 0 saturated heterocycles. The van der Waals surface area contributed by atoms with Gasteiger partial charge in [-0.05, 0) is 55.7 Å². The highest BCUT2D eigenvalue weighted by Crippen LogP contribution is 2.40. The van der Waals surface area contributed by atoms with E-state index in [1.165, 1.54) is 10.9 Å². The van der Waals surface area contributed by atoms with Crippen LogP contribution in [0.15, 0.2) is 66.7 Å². The molecule has 4 aromatic rings. The number of carbonyl (C=O) groups excluding carboxylic acids is 1. The smallest absolute Gasteiger partial charge is 0.227 e. The van der Waals surface area contributed by atoms with Gasteiger partial charge in [-0.25, -0.2) is 0 Å². The van der Waals surface area contributed by atoms with Crippen molar-refractivity contribution < 1.29 is 14.3 Å². The lowest BCUT2D eigenvalue weighted by molar-refractivity contribution is -0.132. The molecule has 0 bridgehead atoms. The molecule has 0 aliphatic carbocycles. The molecule has 2 heterocycles. The second-order valence-electron chi connectivity index (χ2n) is 8.64. The first-order chi connectivity index (χ1) is 17.1. The van der Waals surface area contributed by atoms with Crippen LogP contribution < -0.4 is 9.47 Å². The standard InChI is InChI=1S/C29H29ClN2O3/c1-3-34-25-11-7-8-20(29(25)35-4-2)18-26(33)32-17-16-23-22-9-5-6-10-24(22)31-27(23)28(32)19-12-14-21(30)15-13-19/h5-15,28,31H,3-4,16-18H2,1-2H3/t28-/m0/s1. The van der Waals surface area contributed by atoms with Gasteiger partial charge < -0.3 is 19.4 Å². The SMILES string of the molecule is CCOc1cccc(CC(=O)N2CCc3c([nH]c4ccccc34)[C@@H]2c2ccc(Cl)cc2)c1OCC. The maximum atomic E-state index is 13.9. The molecule has 0 fully saturated rings. The van der Waals surface area contributed by atoms with Gasteiger partial charge in [-0.2, -0.15) is 0 Å². The van der Waals surface area contributed by atoms with E-state index in [1.54, 1.807) is 0 Å². The summed E-state index contributed by atoms with van der Waals surface area (Å²) in [5.41, 5.74) is 5.30. The molecule has 1 aliphatic rings. The number of benzene rings is 3. The molecular formula is C29H29ClN2O3. The lowest BCUT2D eigenvalue weighted by Gasteiger charge is -2.36. The summed E-state index contributed by atoms with van der Waals surface area (Å²) >= 11 is 6.19. The number of hydrogen-bond acceptors (Lipinski definition) is 3. The molecule has 1 atom stereocenters. The van der Waals surface area contributed by atoms with Gasteiger partial charge in [0, 0.05) is 33.7 Å². The highest BCUT2D eigenvalue weighted by Gasteiger charge is 2.34. The Morgan fingerprint density at radius 2 is 1.77 bits per heavy atom. The summed E-state index contributed by atoms with van der Waals surface area (Å²) in [4.78, 5) is 19.4. The van der Waals surface area contributed by atoms with Gasteiger partial charge in [0.1, 0.15) is 0 Å². The highest BCUT2D eigenvalue weighted by molar-refractivity contribution is 6.30. The lowest BCUT2D eigenvalue weighted by atomic mass is 9.91. The van der Waals surface area contributed by atoms with E-state index in [0.717, 1.165) is 28.8 Å². The van der Waals surface area contributed by atoms with E-state index in [2.05, 4.69) is 23.2 Å². The molecule has 1 aromatic heterocycles. The van der Waals surface area contributed by atoms with E-state index in [-0.39, 0.29) is 18.4 Å². The van der Waals surface area contributed by atoms with Crippen LogP contribution in [-0.2, 0) is 17.6 Å². The fourth-order valence-corrected chi connectivity index (χ4v) is 5.17. The first-order valence-electron chi connectivity index (χ1n) is 12.1. The number of halogens is 1. The van der Waals surface area contributed by atoms with Gasteiger partial charge in [0.15, 0.2) is 11.5 Å². The number of H-pyrrole nitrogens is 1. The largest absolute Gasteiger partial charge is 0.490 e. The molecule has 0 radical (unpaired) electrons. The van der Waals surface area contributed by atoms with Crippen LogP contribution in [0.3, 0.4) is 0 Å². The Labute approximate surface area is 210 Å². The second-order valence-corrected chi connectivity index (χ2v) is 9.08. The van der Waals surface area contributed by atoms with E-state index in [1.807, 2.05) is 67.3 Å². The number of hydrogen-bond donors (Lipinski definition) is 1. The van der Waals surface area contributed by atoms with Crippen LogP contribution in [0.1, 0.15) is 42.3 Å². The molecule has 0 spiro atoms. The van der Waals surface area contributed by atoms with Crippen LogP contribution in [0, 0.1) is 0 Å². The van der Waals surface area contributed by atoms with Gasteiger partial charge in [-0.3, -0.25) is 4.79 Å². The third-order valence-electron chi connectivity index (χ3n) is 6.53. The molecule has 0 saturated carbocycles. The number of nitrogens with one attached hydrogen (secondary N) is 1. The molecule has 5 rings (SSSR count). The number of ether oxygens (including phenoxy) is 2. The molecule has 0 unspecified atom stereocenters. The van der Waals surface area contributed by atoms with Crippen LogP contribution >= 0.6 is 11.6 Å². The zero-order chi connectivity index (χ0) is 24.4. The molecule has 180 valence electrons. The molecule has 1 amide bonds. The number of fused-ring (bicyclic) bond motifs is 3. The van der Waals surface area contributed by atoms with Crippen molar-refractivity contribution in [1.29, 1.82) is 0 Å². The van der Waals surface area contributed by atoms with Crippen LogP contribution in [0.5, 0.6) is 11.5 Å². The zero-order valence-corrected chi connectivity index (χ0v) is 20.8. The minimum Gasteiger partial charge on any atom is -0.490 e. The van der Waals surface area contributed by atoms with Gasteiger partial charge in [-0.1, -0.05) is 54.1 Å². The van der Waals surface area contributed by atoms with Gasteiger partial charge >= 0.3 is 0 Å². The van der Waals surface area contributed by atoms with Gasteiger partial charge in [0.2, 0.25) is 5.91 Å². The summed E-state index contributed by atoms with van der Waals surface area (Å²) in [5.74, 6) is 1.37. The molecule has 1 aliphatic heterocycles. The monoisotopic (exact) mass is 488 g/mol. The van der Waals surface area contributed by atoms with Crippen molar-refractivity contribution in [3.05, 3.63) is 94.1 Å². The molecule has 35 heavy (non-hydrogen) atoms. The van der Waals surface area contributed by atoms with E-state index >= 15 is 0 Å². The second kappa shape index (κ2) is 10.0. The Bertz CT molecular complexity index is 1350. The maximum Gasteiger partial charge on any atom is 0.227 e. The van der Waals surface area contributed by atoms with Crippen molar-refractivity contribution in [2.24, 2.45) is 0 Å². The zero-order valence-electron chi connectivity index (χ0n) is 20.0. The number of aromatic nitrogens is 1. The topological polar surface area (TPSA) is 54.6 Å². The average Bonchev–Trinajstić information content (AvgIpc) is 3.25. The number of rotatable bonds is 7. The summed E-state index contributed by atoms with van der Waals surface area (Å²) < 4.78 is 11.7. The van der Waals surface area contributed by atoms with Gasteiger partial charge in [0.25, 0.3) is 0 Å². The van der Waals surface area contributed by atoms with Crippen molar-refractivity contribution in [3.8, 4) is 11.5 Å². The summed E-state index contributed by atoms with van der Waals surface area (Å²) in [5, 5.41) is 1.89. The Morgan fingerprint density at radius 3 is 2.54 bits per heavy atom. The van der Waals surface area contributed by atoms with Crippen LogP contribution in [0.4, 0.5) is 0 Å². The molecule has 1 N–H and O–H groups in total. The fourth-order valence-electron chi connectivity index (χ4n) is 5.04. The minimum absolute atomic E-state index is 0.0452. The summed E-state index contributed by atoms with van der Waals surface area (Å²) in [7, 11) is 0. The maximum absolute atomic E-state index is 13.9. The number of carbonyl (C=O) groups is 1. The fraction of sp³-hybridized carbons (Fsp3) is 0.276. The van der Waals surface area contributed by atoms with E-state index in [9.17, 15) is 4.79 Å². The quantitative estimate of drug-likeness (QED) is 0.330. The summed E-state index contributed by atoms with van der Waals surface area (Å²) in [6.45, 7) is 5.55. The summed E-state index contributed by atoms with van der Waals surface area (Å²) in [6, 6.07) is 21.6. The highest BCUT2D eigenvalue weighted by atomic mass is 35.5. The predicted molar refractivity (Wildman–Crippen MR) is 139 cm³/mol. The number of para-hydroxylation sites is 2. The first kappa shape index (κ1) is 23.3. The molecule has 3 aromatic carbocycles. The van der Waals surface area contributed by atoms with Crippen LogP contribution in [0.2, 0.25) is 5.02 Å². The molecular weight excluding hydrogens is 460 g/mol. The lowest BCUT2D eigenvalue weighted by Crippen LogP contribution is -2.41. The third kappa shape index (κ3) is 4.48.